The average Bonchev–Trinajstić information content (AvgIpc) is 2.25. The van der Waals surface area contributed by atoms with Crippen LogP contribution in [0.15, 0.2) is 28.7 Å². The largest absolute Gasteiger partial charge is 0.387 e. The number of aliphatic hydroxyl groups is 1. The minimum atomic E-state index is -0.422. The summed E-state index contributed by atoms with van der Waals surface area (Å²) in [5, 5.41) is 8.65. The molecule has 1 N–H and O–H groups in total. The highest BCUT2D eigenvalue weighted by Crippen LogP contribution is 2.12. The minimum Gasteiger partial charge on any atom is -0.387 e. The van der Waals surface area contributed by atoms with E-state index >= 15 is 0 Å². The van der Waals surface area contributed by atoms with Crippen LogP contribution in [-0.4, -0.2) is 36.1 Å². The van der Waals surface area contributed by atoms with Crippen molar-refractivity contribution in [3.63, 3.8) is 0 Å². The van der Waals surface area contributed by atoms with Crippen molar-refractivity contribution in [2.75, 3.05) is 20.2 Å². The second kappa shape index (κ2) is 5.88. The highest BCUT2D eigenvalue weighted by molar-refractivity contribution is 9.10. The second-order valence-corrected chi connectivity index (χ2v) is 4.27. The van der Waals surface area contributed by atoms with Crippen molar-refractivity contribution in [1.29, 1.82) is 0 Å². The molecule has 0 saturated carbocycles. The highest BCUT2D eigenvalue weighted by Gasteiger charge is 2.06. The van der Waals surface area contributed by atoms with Gasteiger partial charge in [-0.1, -0.05) is 28.1 Å². The monoisotopic (exact) mass is 271 g/mol. The number of hydrogen-bond donors (Lipinski definition) is 1. The molecule has 3 nitrogen and oxygen atoms in total. The van der Waals surface area contributed by atoms with Gasteiger partial charge in [0.1, 0.15) is 6.61 Å². The van der Waals surface area contributed by atoms with Crippen molar-refractivity contribution in [2.24, 2.45) is 0 Å². The van der Waals surface area contributed by atoms with Gasteiger partial charge in [-0.2, -0.15) is 0 Å². The van der Waals surface area contributed by atoms with Crippen LogP contribution in [0.2, 0.25) is 0 Å². The van der Waals surface area contributed by atoms with Crippen molar-refractivity contribution < 1.29 is 9.90 Å². The van der Waals surface area contributed by atoms with E-state index in [-0.39, 0.29) is 5.91 Å². The fraction of sp³-hybridized carbons (Fsp3) is 0.364. The summed E-state index contributed by atoms with van der Waals surface area (Å²) in [6, 6.07) is 7.97. The zero-order chi connectivity index (χ0) is 11.3. The summed E-state index contributed by atoms with van der Waals surface area (Å²) in [6.07, 6.45) is 0.793. The van der Waals surface area contributed by atoms with Crippen LogP contribution < -0.4 is 0 Å². The number of carbonyl (C=O) groups is 1. The third-order valence-electron chi connectivity index (χ3n) is 2.19. The zero-order valence-electron chi connectivity index (χ0n) is 8.61. The van der Waals surface area contributed by atoms with Crippen LogP contribution in [-0.2, 0) is 11.2 Å². The third kappa shape index (κ3) is 4.01. The first kappa shape index (κ1) is 12.2. The maximum absolute atomic E-state index is 11.1. The number of halogens is 1. The van der Waals surface area contributed by atoms with Gasteiger partial charge in [-0.3, -0.25) is 4.79 Å². The maximum Gasteiger partial charge on any atom is 0.248 e. The maximum atomic E-state index is 11.1. The molecule has 0 fully saturated rings. The van der Waals surface area contributed by atoms with Crippen molar-refractivity contribution in [1.82, 2.24) is 4.90 Å². The van der Waals surface area contributed by atoms with E-state index in [9.17, 15) is 4.79 Å². The summed E-state index contributed by atoms with van der Waals surface area (Å²) < 4.78 is 1.04. The van der Waals surface area contributed by atoms with Gasteiger partial charge < -0.3 is 10.0 Å². The molecular weight excluding hydrogens is 258 g/mol. The Labute approximate surface area is 97.8 Å². The third-order valence-corrected chi connectivity index (χ3v) is 2.68. The predicted octanol–water partition coefficient (Wildman–Crippen LogP) is 1.44. The SMILES string of the molecule is CN(CCc1cccc(Br)c1)C(=O)CO. The van der Waals surface area contributed by atoms with Crippen molar-refractivity contribution in [3.8, 4) is 0 Å². The summed E-state index contributed by atoms with van der Waals surface area (Å²) in [4.78, 5) is 12.6. The Balaban J connectivity index is 2.47. The van der Waals surface area contributed by atoms with Gasteiger partial charge in [-0.25, -0.2) is 0 Å². The van der Waals surface area contributed by atoms with E-state index in [1.54, 1.807) is 7.05 Å². The number of aliphatic hydroxyl groups excluding tert-OH is 1. The molecule has 0 aliphatic carbocycles. The lowest BCUT2D eigenvalue weighted by Crippen LogP contribution is -2.31. The highest BCUT2D eigenvalue weighted by atomic mass is 79.9. The number of rotatable bonds is 4. The summed E-state index contributed by atoms with van der Waals surface area (Å²) >= 11 is 3.39. The van der Waals surface area contributed by atoms with E-state index in [0.717, 1.165) is 10.9 Å². The zero-order valence-corrected chi connectivity index (χ0v) is 10.2. The number of nitrogens with zero attached hydrogens (tertiary/aromatic N) is 1. The van der Waals surface area contributed by atoms with Crippen molar-refractivity contribution >= 4 is 21.8 Å². The molecule has 1 rings (SSSR count). The average molecular weight is 272 g/mol. The lowest BCUT2D eigenvalue weighted by molar-refractivity contribution is -0.132. The van der Waals surface area contributed by atoms with E-state index in [1.807, 2.05) is 24.3 Å². The molecule has 1 amide bonds. The second-order valence-electron chi connectivity index (χ2n) is 3.35. The molecule has 1 aromatic rings. The Morgan fingerprint density at radius 2 is 2.27 bits per heavy atom. The van der Waals surface area contributed by atoms with E-state index in [4.69, 9.17) is 5.11 Å². The van der Waals surface area contributed by atoms with Crippen molar-refractivity contribution in [2.45, 2.75) is 6.42 Å². The Morgan fingerprint density at radius 1 is 1.53 bits per heavy atom. The molecule has 0 saturated heterocycles. The summed E-state index contributed by atoms with van der Waals surface area (Å²) in [5.41, 5.74) is 1.17. The summed E-state index contributed by atoms with van der Waals surface area (Å²) in [7, 11) is 1.69. The molecule has 0 radical (unpaired) electrons. The van der Waals surface area contributed by atoms with Crippen LogP contribution in [0.4, 0.5) is 0 Å². The fourth-order valence-corrected chi connectivity index (χ4v) is 1.68. The Bertz CT molecular complexity index is 341. The van der Waals surface area contributed by atoms with Gasteiger partial charge in [0.05, 0.1) is 0 Å². The molecule has 0 aromatic heterocycles. The van der Waals surface area contributed by atoms with E-state index in [1.165, 1.54) is 10.5 Å². The molecule has 1 aromatic carbocycles. The molecule has 15 heavy (non-hydrogen) atoms. The van der Waals surface area contributed by atoms with Crippen LogP contribution >= 0.6 is 15.9 Å². The first-order chi connectivity index (χ1) is 7.13. The van der Waals surface area contributed by atoms with Crippen LogP contribution in [0, 0.1) is 0 Å². The first-order valence-electron chi connectivity index (χ1n) is 4.72. The predicted molar refractivity (Wildman–Crippen MR) is 62.6 cm³/mol. The number of likely N-dealkylation sites (N-methyl/N-ethyl adjacent to an activating group) is 1. The van der Waals surface area contributed by atoms with Crippen LogP contribution in [0.25, 0.3) is 0 Å². The van der Waals surface area contributed by atoms with E-state index in [2.05, 4.69) is 15.9 Å². The molecular formula is C11H14BrNO2. The van der Waals surface area contributed by atoms with Gasteiger partial charge in [-0.05, 0) is 24.1 Å². The van der Waals surface area contributed by atoms with E-state index in [0.29, 0.717) is 6.54 Å². The molecule has 0 aliphatic rings. The quantitative estimate of drug-likeness (QED) is 0.901. The van der Waals surface area contributed by atoms with Gasteiger partial charge in [0.2, 0.25) is 5.91 Å². The van der Waals surface area contributed by atoms with Gasteiger partial charge in [0.15, 0.2) is 0 Å². The first-order valence-corrected chi connectivity index (χ1v) is 5.52. The minimum absolute atomic E-state index is 0.245. The molecule has 4 heteroatoms. The van der Waals surface area contributed by atoms with Gasteiger partial charge >= 0.3 is 0 Å². The van der Waals surface area contributed by atoms with Gasteiger partial charge in [-0.15, -0.1) is 0 Å². The normalized spacial score (nSPS) is 10.1. The fourth-order valence-electron chi connectivity index (χ4n) is 1.23. The van der Waals surface area contributed by atoms with Crippen LogP contribution in [0.1, 0.15) is 5.56 Å². The number of amides is 1. The smallest absolute Gasteiger partial charge is 0.248 e. The van der Waals surface area contributed by atoms with Crippen molar-refractivity contribution in [3.05, 3.63) is 34.3 Å². The van der Waals surface area contributed by atoms with E-state index < -0.39 is 6.61 Å². The Morgan fingerprint density at radius 3 is 2.87 bits per heavy atom. The standard InChI is InChI=1S/C11H14BrNO2/c1-13(11(15)8-14)6-5-9-3-2-4-10(12)7-9/h2-4,7,14H,5-6,8H2,1H3. The lowest BCUT2D eigenvalue weighted by Gasteiger charge is -2.15. The molecule has 0 bridgehead atoms. The Kier molecular flexibility index (Phi) is 4.78. The van der Waals surface area contributed by atoms with Crippen LogP contribution in [0.3, 0.4) is 0 Å². The summed E-state index contributed by atoms with van der Waals surface area (Å²) in [5.74, 6) is -0.245. The van der Waals surface area contributed by atoms with Crippen LogP contribution in [0.5, 0.6) is 0 Å². The lowest BCUT2D eigenvalue weighted by atomic mass is 10.1. The summed E-state index contributed by atoms with van der Waals surface area (Å²) in [6.45, 7) is 0.199. The molecule has 0 heterocycles. The number of benzene rings is 1. The molecule has 0 aliphatic heterocycles. The topological polar surface area (TPSA) is 40.5 Å². The number of carbonyl (C=O) groups excluding carboxylic acids is 1. The molecule has 82 valence electrons. The van der Waals surface area contributed by atoms with Gasteiger partial charge in [0, 0.05) is 18.1 Å². The number of hydrogen-bond acceptors (Lipinski definition) is 2. The molecule has 0 spiro atoms. The van der Waals surface area contributed by atoms with Gasteiger partial charge in [0.25, 0.3) is 0 Å². The molecule has 0 atom stereocenters. The Hall–Kier alpha value is -0.870. The molecule has 0 unspecified atom stereocenters.